The van der Waals surface area contributed by atoms with Gasteiger partial charge in [0.15, 0.2) is 5.82 Å². The number of aromatic nitrogens is 5. The summed E-state index contributed by atoms with van der Waals surface area (Å²) in [5.74, 6) is 0.761. The zero-order valence-corrected chi connectivity index (χ0v) is 12.7. The Bertz CT molecular complexity index is 847. The van der Waals surface area contributed by atoms with Crippen molar-refractivity contribution in [3.05, 3.63) is 48.0 Å². The Morgan fingerprint density at radius 3 is 3.00 bits per heavy atom. The molecule has 1 aliphatic rings. The third-order valence-electron chi connectivity index (χ3n) is 3.99. The summed E-state index contributed by atoms with van der Waals surface area (Å²) in [7, 11) is 1.87. The van der Waals surface area contributed by atoms with Crippen LogP contribution in [0.5, 0.6) is 0 Å². The quantitative estimate of drug-likeness (QED) is 0.774. The van der Waals surface area contributed by atoms with Crippen LogP contribution in [0.15, 0.2) is 36.8 Å². The highest BCUT2D eigenvalue weighted by Crippen LogP contribution is 2.41. The molecule has 116 valence electrons. The van der Waals surface area contributed by atoms with Crippen LogP contribution in [0.25, 0.3) is 11.3 Å². The van der Waals surface area contributed by atoms with Crippen molar-refractivity contribution in [3.8, 4) is 11.3 Å². The Morgan fingerprint density at radius 2 is 2.26 bits per heavy atom. The highest BCUT2D eigenvalue weighted by atomic mass is 16.1. The molecule has 0 bridgehead atoms. The maximum atomic E-state index is 12.5. The van der Waals surface area contributed by atoms with Crippen molar-refractivity contribution < 1.29 is 4.79 Å². The molecule has 7 nitrogen and oxygen atoms in total. The smallest absolute Gasteiger partial charge is 0.260 e. The third kappa shape index (κ3) is 2.61. The molecule has 0 spiro atoms. The van der Waals surface area contributed by atoms with E-state index in [1.807, 2.05) is 19.2 Å². The minimum Gasteiger partial charge on any atom is -0.305 e. The normalized spacial score (nSPS) is 14.0. The molecule has 3 aromatic rings. The lowest BCUT2D eigenvalue weighted by Crippen LogP contribution is -2.14. The van der Waals surface area contributed by atoms with Gasteiger partial charge in [0.25, 0.3) is 5.91 Å². The van der Waals surface area contributed by atoms with Crippen LogP contribution in [-0.2, 0) is 7.05 Å². The van der Waals surface area contributed by atoms with Crippen LogP contribution in [0.1, 0.15) is 34.8 Å². The van der Waals surface area contributed by atoms with Crippen molar-refractivity contribution in [2.75, 3.05) is 5.32 Å². The maximum Gasteiger partial charge on any atom is 0.260 e. The number of rotatable bonds is 4. The van der Waals surface area contributed by atoms with Crippen LogP contribution >= 0.6 is 0 Å². The number of hydrogen-bond donors (Lipinski definition) is 2. The van der Waals surface area contributed by atoms with Gasteiger partial charge >= 0.3 is 0 Å². The number of nitrogens with zero attached hydrogens (tertiary/aromatic N) is 4. The fourth-order valence-electron chi connectivity index (χ4n) is 2.70. The van der Waals surface area contributed by atoms with E-state index in [1.165, 1.54) is 0 Å². The first-order valence-electron chi connectivity index (χ1n) is 7.51. The molecule has 7 heteroatoms. The molecule has 0 aromatic carbocycles. The van der Waals surface area contributed by atoms with Crippen LogP contribution in [0.4, 0.5) is 5.82 Å². The Kier molecular flexibility index (Phi) is 3.18. The lowest BCUT2D eigenvalue weighted by molar-refractivity contribution is 0.102. The summed E-state index contributed by atoms with van der Waals surface area (Å²) in [6.45, 7) is 0. The Balaban J connectivity index is 1.55. The number of carbonyl (C=O) groups excluding carboxylic acids is 1. The summed E-state index contributed by atoms with van der Waals surface area (Å²) >= 11 is 0. The molecule has 3 aromatic heterocycles. The summed E-state index contributed by atoms with van der Waals surface area (Å²) in [6, 6.07) is 5.58. The van der Waals surface area contributed by atoms with Gasteiger partial charge in [0.05, 0.1) is 23.1 Å². The largest absolute Gasteiger partial charge is 0.305 e. The predicted octanol–water partition coefficient (Wildman–Crippen LogP) is 2.33. The van der Waals surface area contributed by atoms with Gasteiger partial charge < -0.3 is 5.32 Å². The number of H-pyrrole nitrogens is 1. The van der Waals surface area contributed by atoms with E-state index >= 15 is 0 Å². The van der Waals surface area contributed by atoms with Crippen molar-refractivity contribution >= 4 is 11.7 Å². The monoisotopic (exact) mass is 308 g/mol. The van der Waals surface area contributed by atoms with Crippen LogP contribution in [0.2, 0.25) is 0 Å². The second-order valence-electron chi connectivity index (χ2n) is 5.70. The molecule has 1 amide bonds. The van der Waals surface area contributed by atoms with E-state index in [-0.39, 0.29) is 5.91 Å². The molecule has 0 unspecified atom stereocenters. The van der Waals surface area contributed by atoms with E-state index in [2.05, 4.69) is 25.6 Å². The summed E-state index contributed by atoms with van der Waals surface area (Å²) in [5, 5.41) is 14.1. The van der Waals surface area contributed by atoms with E-state index in [4.69, 9.17) is 0 Å². The Morgan fingerprint density at radius 1 is 1.39 bits per heavy atom. The zero-order valence-electron chi connectivity index (χ0n) is 12.7. The van der Waals surface area contributed by atoms with Gasteiger partial charge in [0.2, 0.25) is 0 Å². The fourth-order valence-corrected chi connectivity index (χ4v) is 2.70. The van der Waals surface area contributed by atoms with Gasteiger partial charge in [-0.05, 0) is 25.0 Å². The molecular formula is C16H16N6O. The second-order valence-corrected chi connectivity index (χ2v) is 5.70. The molecule has 1 fully saturated rings. The van der Waals surface area contributed by atoms with Gasteiger partial charge in [0, 0.05) is 37.0 Å². The number of carbonyl (C=O) groups is 1. The molecule has 0 radical (unpaired) electrons. The molecule has 23 heavy (non-hydrogen) atoms. The van der Waals surface area contributed by atoms with Crippen LogP contribution in [0, 0.1) is 0 Å². The van der Waals surface area contributed by atoms with Crippen molar-refractivity contribution in [1.29, 1.82) is 0 Å². The first-order chi connectivity index (χ1) is 11.2. The topological polar surface area (TPSA) is 88.5 Å². The standard InChI is InChI=1S/C16H16N6O/c1-22-15(10-4-5-10)12(9-18-22)16(23)19-14-7-13(20-21-14)11-3-2-6-17-8-11/h2-3,6-10H,4-5H2,1H3,(H2,19,20,21,23). The summed E-state index contributed by atoms with van der Waals surface area (Å²) in [5.41, 5.74) is 3.36. The van der Waals surface area contributed by atoms with E-state index in [1.54, 1.807) is 29.3 Å². The molecular weight excluding hydrogens is 292 g/mol. The molecule has 3 heterocycles. The zero-order chi connectivity index (χ0) is 15.8. The molecule has 0 aliphatic heterocycles. The third-order valence-corrected chi connectivity index (χ3v) is 3.99. The summed E-state index contributed by atoms with van der Waals surface area (Å²) in [6.07, 6.45) is 7.31. The first-order valence-corrected chi connectivity index (χ1v) is 7.51. The van der Waals surface area contributed by atoms with Gasteiger partial charge in [-0.3, -0.25) is 19.6 Å². The number of amides is 1. The number of aryl methyl sites for hydroxylation is 1. The highest BCUT2D eigenvalue weighted by Gasteiger charge is 2.31. The molecule has 2 N–H and O–H groups in total. The number of hydrogen-bond acceptors (Lipinski definition) is 4. The summed E-state index contributed by atoms with van der Waals surface area (Å²) in [4.78, 5) is 16.6. The van der Waals surface area contributed by atoms with Gasteiger partial charge in [-0.15, -0.1) is 0 Å². The second kappa shape index (κ2) is 5.35. The predicted molar refractivity (Wildman–Crippen MR) is 85.0 cm³/mol. The maximum absolute atomic E-state index is 12.5. The van der Waals surface area contributed by atoms with Gasteiger partial charge in [-0.25, -0.2) is 0 Å². The van der Waals surface area contributed by atoms with Crippen molar-refractivity contribution in [2.45, 2.75) is 18.8 Å². The van der Waals surface area contributed by atoms with E-state index in [0.717, 1.165) is 29.8 Å². The minimum absolute atomic E-state index is 0.177. The van der Waals surface area contributed by atoms with Gasteiger partial charge in [-0.2, -0.15) is 10.2 Å². The number of pyridine rings is 1. The Hall–Kier alpha value is -2.96. The van der Waals surface area contributed by atoms with Crippen LogP contribution in [0.3, 0.4) is 0 Å². The minimum atomic E-state index is -0.177. The number of nitrogens with one attached hydrogen (secondary N) is 2. The van der Waals surface area contributed by atoms with Crippen molar-refractivity contribution in [3.63, 3.8) is 0 Å². The SMILES string of the molecule is Cn1ncc(C(=O)Nc2cc(-c3cccnc3)[nH]n2)c1C1CC1. The lowest BCUT2D eigenvalue weighted by Gasteiger charge is -2.04. The average molecular weight is 308 g/mol. The van der Waals surface area contributed by atoms with Gasteiger partial charge in [0.1, 0.15) is 0 Å². The van der Waals surface area contributed by atoms with E-state index < -0.39 is 0 Å². The lowest BCUT2D eigenvalue weighted by atomic mass is 10.1. The molecule has 4 rings (SSSR count). The average Bonchev–Trinajstić information content (AvgIpc) is 3.16. The fraction of sp³-hybridized carbons (Fsp3) is 0.250. The first kappa shape index (κ1) is 13.7. The number of aromatic amines is 1. The summed E-state index contributed by atoms with van der Waals surface area (Å²) < 4.78 is 1.79. The van der Waals surface area contributed by atoms with Gasteiger partial charge in [-0.1, -0.05) is 0 Å². The van der Waals surface area contributed by atoms with Crippen LogP contribution < -0.4 is 5.32 Å². The van der Waals surface area contributed by atoms with E-state index in [9.17, 15) is 4.79 Å². The van der Waals surface area contributed by atoms with Crippen LogP contribution in [-0.4, -0.2) is 30.9 Å². The highest BCUT2D eigenvalue weighted by molar-refractivity contribution is 6.04. The number of anilines is 1. The Labute approximate surface area is 132 Å². The van der Waals surface area contributed by atoms with E-state index in [0.29, 0.717) is 17.3 Å². The molecule has 1 saturated carbocycles. The van der Waals surface area contributed by atoms with Crippen molar-refractivity contribution in [1.82, 2.24) is 25.0 Å². The molecule has 1 aliphatic carbocycles. The van der Waals surface area contributed by atoms with Crippen molar-refractivity contribution in [2.24, 2.45) is 7.05 Å². The molecule has 0 atom stereocenters. The molecule has 0 saturated heterocycles.